The lowest BCUT2D eigenvalue weighted by Gasteiger charge is -2.13. The van der Waals surface area contributed by atoms with E-state index in [9.17, 15) is 23.2 Å². The quantitative estimate of drug-likeness (QED) is 0.409. The van der Waals surface area contributed by atoms with Crippen LogP contribution in [0.4, 0.5) is 18.9 Å². The van der Waals surface area contributed by atoms with Gasteiger partial charge in [-0.25, -0.2) is 9.67 Å². The SMILES string of the molecule is N#Cc1cc(NC(=O)c2cnn(-c3ccnc4cn[nH]c34)c2C(F)(F)F)cnc1-n1nccn1. The van der Waals surface area contributed by atoms with Gasteiger partial charge in [-0.15, -0.1) is 4.80 Å². The van der Waals surface area contributed by atoms with Crippen LogP contribution in [0.3, 0.4) is 0 Å². The smallest absolute Gasteiger partial charge is 0.320 e. The number of carbonyl (C=O) groups is 1. The average Bonchev–Trinajstić information content (AvgIpc) is 3.58. The summed E-state index contributed by atoms with van der Waals surface area (Å²) in [5.74, 6) is -1.00. The van der Waals surface area contributed by atoms with E-state index in [0.717, 1.165) is 11.0 Å². The molecule has 1 amide bonds. The number of aromatic amines is 1. The zero-order valence-electron chi connectivity index (χ0n) is 16.7. The number of aromatic nitrogens is 9. The predicted molar refractivity (Wildman–Crippen MR) is 108 cm³/mol. The summed E-state index contributed by atoms with van der Waals surface area (Å²) in [6.07, 6.45) is 2.48. The molecule has 0 unspecified atom stereocenters. The largest absolute Gasteiger partial charge is 0.434 e. The van der Waals surface area contributed by atoms with Crippen molar-refractivity contribution in [3.63, 3.8) is 0 Å². The van der Waals surface area contributed by atoms with Gasteiger partial charge in [0.05, 0.1) is 47.9 Å². The molecule has 0 aromatic carbocycles. The van der Waals surface area contributed by atoms with Crippen LogP contribution in [0.25, 0.3) is 22.5 Å². The van der Waals surface area contributed by atoms with Gasteiger partial charge in [-0.2, -0.15) is 38.8 Å². The van der Waals surface area contributed by atoms with Crippen molar-refractivity contribution in [2.75, 3.05) is 5.32 Å². The van der Waals surface area contributed by atoms with Crippen molar-refractivity contribution in [1.29, 1.82) is 5.26 Å². The Kier molecular flexibility index (Phi) is 4.75. The lowest BCUT2D eigenvalue weighted by atomic mass is 10.2. The van der Waals surface area contributed by atoms with Gasteiger partial charge < -0.3 is 5.32 Å². The second kappa shape index (κ2) is 7.78. The molecule has 168 valence electrons. The molecule has 0 spiro atoms. The monoisotopic (exact) mass is 465 g/mol. The van der Waals surface area contributed by atoms with E-state index in [1.165, 1.54) is 43.1 Å². The van der Waals surface area contributed by atoms with Gasteiger partial charge >= 0.3 is 6.18 Å². The molecular weight excluding hydrogens is 455 g/mol. The van der Waals surface area contributed by atoms with Gasteiger partial charge in [0, 0.05) is 6.20 Å². The van der Waals surface area contributed by atoms with Crippen LogP contribution in [0.5, 0.6) is 0 Å². The van der Waals surface area contributed by atoms with Gasteiger partial charge in [-0.05, 0) is 12.1 Å². The van der Waals surface area contributed by atoms with E-state index >= 15 is 0 Å². The molecule has 2 N–H and O–H groups in total. The molecule has 5 rings (SSSR count). The standard InChI is InChI=1S/C19H10F3N11O/c20-19(21,22)16-12(8-29-32(16)14-1-2-24-13-9-26-31-15(13)14)18(34)30-11-5-10(6-23)17(25-7-11)33-27-3-4-28-33/h1-5,7-9H,(H,26,31)(H,30,34). The van der Waals surface area contributed by atoms with E-state index in [1.54, 1.807) is 0 Å². The zero-order chi connectivity index (χ0) is 23.9. The first-order chi connectivity index (χ1) is 16.4. The summed E-state index contributed by atoms with van der Waals surface area (Å²) in [6.45, 7) is 0. The number of rotatable bonds is 4. The Hall–Kier alpha value is -5.13. The number of halogens is 3. The number of amides is 1. The van der Waals surface area contributed by atoms with Crippen LogP contribution in [-0.2, 0) is 6.18 Å². The van der Waals surface area contributed by atoms with Crippen molar-refractivity contribution in [3.05, 3.63) is 66.1 Å². The Balaban J connectivity index is 1.53. The van der Waals surface area contributed by atoms with Crippen molar-refractivity contribution < 1.29 is 18.0 Å². The second-order valence-corrected chi connectivity index (χ2v) is 6.76. The topological polar surface area (TPSA) is 156 Å². The number of nitrogens with one attached hydrogen (secondary N) is 2. The zero-order valence-corrected chi connectivity index (χ0v) is 16.7. The third kappa shape index (κ3) is 3.48. The molecule has 0 fully saturated rings. The Morgan fingerprint density at radius 3 is 2.62 bits per heavy atom. The van der Waals surface area contributed by atoms with E-state index in [2.05, 4.69) is 40.8 Å². The number of nitriles is 1. The second-order valence-electron chi connectivity index (χ2n) is 6.76. The van der Waals surface area contributed by atoms with E-state index < -0.39 is 23.3 Å². The molecule has 34 heavy (non-hydrogen) atoms. The van der Waals surface area contributed by atoms with Crippen LogP contribution in [0.2, 0.25) is 0 Å². The molecule has 0 bridgehead atoms. The Morgan fingerprint density at radius 1 is 1.09 bits per heavy atom. The number of fused-ring (bicyclic) bond motifs is 1. The number of hydrogen-bond donors (Lipinski definition) is 2. The molecular formula is C19H10F3N11O. The summed E-state index contributed by atoms with van der Waals surface area (Å²) in [4.78, 5) is 22.0. The van der Waals surface area contributed by atoms with Crippen LogP contribution >= 0.6 is 0 Å². The maximum Gasteiger partial charge on any atom is 0.434 e. The van der Waals surface area contributed by atoms with Crippen molar-refractivity contribution in [2.45, 2.75) is 6.18 Å². The lowest BCUT2D eigenvalue weighted by Crippen LogP contribution is -2.21. The van der Waals surface area contributed by atoms with Crippen LogP contribution in [0.1, 0.15) is 21.6 Å². The third-order valence-electron chi connectivity index (χ3n) is 4.69. The summed E-state index contributed by atoms with van der Waals surface area (Å²) < 4.78 is 42.7. The first-order valence-electron chi connectivity index (χ1n) is 9.38. The number of anilines is 1. The van der Waals surface area contributed by atoms with E-state index in [4.69, 9.17) is 0 Å². The summed E-state index contributed by atoms with van der Waals surface area (Å²) in [5.41, 5.74) is -1.47. The summed E-state index contributed by atoms with van der Waals surface area (Å²) in [5, 5.41) is 29.6. The summed E-state index contributed by atoms with van der Waals surface area (Å²) in [7, 11) is 0. The molecule has 15 heteroatoms. The summed E-state index contributed by atoms with van der Waals surface area (Å²) >= 11 is 0. The van der Waals surface area contributed by atoms with Crippen molar-refractivity contribution in [3.8, 4) is 17.6 Å². The fourth-order valence-corrected chi connectivity index (χ4v) is 3.28. The van der Waals surface area contributed by atoms with Crippen molar-refractivity contribution >= 4 is 22.6 Å². The fraction of sp³-hybridized carbons (Fsp3) is 0.0526. The first kappa shape index (κ1) is 20.8. The Labute approximate surface area is 186 Å². The maximum absolute atomic E-state index is 14.0. The van der Waals surface area contributed by atoms with Gasteiger partial charge in [-0.1, -0.05) is 0 Å². The van der Waals surface area contributed by atoms with Gasteiger partial charge in [0.15, 0.2) is 11.5 Å². The van der Waals surface area contributed by atoms with Crippen LogP contribution in [-0.4, -0.2) is 50.8 Å². The minimum atomic E-state index is -4.93. The van der Waals surface area contributed by atoms with Crippen molar-refractivity contribution in [2.24, 2.45) is 0 Å². The molecule has 5 aromatic rings. The Morgan fingerprint density at radius 2 is 1.88 bits per heavy atom. The minimum Gasteiger partial charge on any atom is -0.320 e. The molecule has 5 heterocycles. The molecule has 0 saturated heterocycles. The normalized spacial score (nSPS) is 11.5. The van der Waals surface area contributed by atoms with E-state index in [1.807, 2.05) is 6.07 Å². The predicted octanol–water partition coefficient (Wildman–Crippen LogP) is 2.26. The van der Waals surface area contributed by atoms with Gasteiger partial charge in [0.25, 0.3) is 5.91 Å². The van der Waals surface area contributed by atoms with Gasteiger partial charge in [0.2, 0.25) is 0 Å². The molecule has 0 aliphatic carbocycles. The van der Waals surface area contributed by atoms with Crippen molar-refractivity contribution in [1.82, 2.24) is 44.9 Å². The number of hydrogen-bond acceptors (Lipinski definition) is 8. The Bertz CT molecular complexity index is 1560. The van der Waals surface area contributed by atoms with Crippen LogP contribution in [0, 0.1) is 11.3 Å². The van der Waals surface area contributed by atoms with E-state index in [0.29, 0.717) is 10.2 Å². The highest BCUT2D eigenvalue weighted by molar-refractivity contribution is 6.05. The molecule has 0 radical (unpaired) electrons. The number of pyridine rings is 2. The van der Waals surface area contributed by atoms with Crippen LogP contribution in [0.15, 0.2) is 49.3 Å². The maximum atomic E-state index is 14.0. The highest BCUT2D eigenvalue weighted by Gasteiger charge is 2.41. The number of alkyl halides is 3. The minimum absolute atomic E-state index is 0.000775. The lowest BCUT2D eigenvalue weighted by molar-refractivity contribution is -0.143. The average molecular weight is 465 g/mol. The van der Waals surface area contributed by atoms with E-state index in [-0.39, 0.29) is 28.3 Å². The molecule has 5 aromatic heterocycles. The fourth-order valence-electron chi connectivity index (χ4n) is 3.28. The molecule has 0 aliphatic heterocycles. The van der Waals surface area contributed by atoms with Gasteiger partial charge in [-0.3, -0.25) is 14.9 Å². The molecule has 0 saturated carbocycles. The van der Waals surface area contributed by atoms with Crippen LogP contribution < -0.4 is 5.32 Å². The molecule has 12 nitrogen and oxygen atoms in total. The third-order valence-corrected chi connectivity index (χ3v) is 4.69. The number of carbonyl (C=O) groups excluding carboxylic acids is 1. The number of H-pyrrole nitrogens is 1. The highest BCUT2D eigenvalue weighted by Crippen LogP contribution is 2.35. The molecule has 0 atom stereocenters. The van der Waals surface area contributed by atoms with Gasteiger partial charge in [0.1, 0.15) is 22.7 Å². The first-order valence-corrected chi connectivity index (χ1v) is 9.38. The number of nitrogens with zero attached hydrogens (tertiary/aromatic N) is 9. The molecule has 0 aliphatic rings. The summed E-state index contributed by atoms with van der Waals surface area (Å²) in [6, 6.07) is 4.45. The highest BCUT2D eigenvalue weighted by atomic mass is 19.4.